The number of benzene rings is 1. The smallest absolute Gasteiger partial charge is 0.227 e. The van der Waals surface area contributed by atoms with Gasteiger partial charge in [0.25, 0.3) is 0 Å². The molecule has 1 fully saturated rings. The Kier molecular flexibility index (Phi) is 7.30. The van der Waals surface area contributed by atoms with Crippen LogP contribution >= 0.6 is 12.2 Å². The molecule has 0 spiro atoms. The van der Waals surface area contributed by atoms with Crippen LogP contribution in [0.1, 0.15) is 32.3 Å². The molecular weight excluding hydrogens is 362 g/mol. The zero-order valence-electron chi connectivity index (χ0n) is 17.1. The van der Waals surface area contributed by atoms with Gasteiger partial charge in [0.2, 0.25) is 5.91 Å². The van der Waals surface area contributed by atoms with E-state index in [0.717, 1.165) is 17.1 Å². The number of amides is 1. The maximum absolute atomic E-state index is 13.1. The van der Waals surface area contributed by atoms with Crippen LogP contribution in [0.4, 0.5) is 0 Å². The zero-order chi connectivity index (χ0) is 20.1. The third-order valence-electron chi connectivity index (χ3n) is 5.02. The molecule has 1 heterocycles. The van der Waals surface area contributed by atoms with Gasteiger partial charge in [-0.25, -0.2) is 0 Å². The molecule has 2 rings (SSSR count). The molecule has 27 heavy (non-hydrogen) atoms. The molecule has 0 aliphatic carbocycles. The van der Waals surface area contributed by atoms with Crippen molar-refractivity contribution in [3.8, 4) is 11.5 Å². The molecule has 2 atom stereocenters. The molecular formula is C20H31N3O3S. The lowest BCUT2D eigenvalue weighted by Gasteiger charge is -2.24. The number of nitrogens with zero attached hydrogens (tertiary/aromatic N) is 2. The molecule has 1 saturated heterocycles. The Hall–Kier alpha value is -2.02. The van der Waals surface area contributed by atoms with Crippen molar-refractivity contribution < 1.29 is 14.3 Å². The van der Waals surface area contributed by atoms with Gasteiger partial charge < -0.3 is 24.6 Å². The van der Waals surface area contributed by atoms with E-state index in [4.69, 9.17) is 21.7 Å². The van der Waals surface area contributed by atoms with Crippen molar-refractivity contribution in [1.82, 2.24) is 15.1 Å². The van der Waals surface area contributed by atoms with E-state index >= 15 is 0 Å². The summed E-state index contributed by atoms with van der Waals surface area (Å²) < 4.78 is 11.0. The fraction of sp³-hybridized carbons (Fsp3) is 0.600. The van der Waals surface area contributed by atoms with Crippen LogP contribution in [0.25, 0.3) is 0 Å². The minimum atomic E-state index is -0.192. The van der Waals surface area contributed by atoms with E-state index < -0.39 is 0 Å². The Morgan fingerprint density at radius 1 is 1.33 bits per heavy atom. The van der Waals surface area contributed by atoms with E-state index in [1.165, 1.54) is 0 Å². The summed E-state index contributed by atoms with van der Waals surface area (Å²) in [5.74, 6) is 1.43. The van der Waals surface area contributed by atoms with E-state index in [-0.39, 0.29) is 23.8 Å². The first kappa shape index (κ1) is 21.3. The number of nitrogens with one attached hydrogen (secondary N) is 1. The second kappa shape index (κ2) is 9.26. The number of ether oxygens (including phenoxy) is 2. The number of thiocarbonyl (C=S) groups is 1. The van der Waals surface area contributed by atoms with E-state index in [0.29, 0.717) is 24.7 Å². The van der Waals surface area contributed by atoms with Gasteiger partial charge in [-0.15, -0.1) is 0 Å². The molecule has 1 aliphatic heterocycles. The Morgan fingerprint density at radius 2 is 2.04 bits per heavy atom. The molecule has 0 radical (unpaired) electrons. The van der Waals surface area contributed by atoms with E-state index in [9.17, 15) is 4.79 Å². The average molecular weight is 394 g/mol. The number of hydrogen-bond donors (Lipinski definition) is 1. The molecule has 6 nitrogen and oxygen atoms in total. The number of likely N-dealkylation sites (tertiary alicyclic amines) is 1. The molecule has 0 saturated carbocycles. The maximum Gasteiger partial charge on any atom is 0.227 e. The van der Waals surface area contributed by atoms with Crippen LogP contribution < -0.4 is 14.8 Å². The summed E-state index contributed by atoms with van der Waals surface area (Å²) in [6.07, 6.45) is 0. The third-order valence-corrected chi connectivity index (χ3v) is 5.40. The van der Waals surface area contributed by atoms with Gasteiger partial charge in [-0.1, -0.05) is 0 Å². The summed E-state index contributed by atoms with van der Waals surface area (Å²) in [6, 6.07) is 5.98. The lowest BCUT2D eigenvalue weighted by Crippen LogP contribution is -2.42. The minimum Gasteiger partial charge on any atom is -0.497 e. The van der Waals surface area contributed by atoms with Gasteiger partial charge in [0, 0.05) is 44.2 Å². The standard InChI is InChI=1S/C20H31N3O3S/c1-7-22(4)19(24)17-12-23(20(27)21-13(2)3)11-16(17)15-10-14(25-5)8-9-18(15)26-6/h8-10,13,16-17H,7,11-12H2,1-6H3,(H,21,27). The van der Waals surface area contributed by atoms with E-state index in [1.54, 1.807) is 19.1 Å². The predicted octanol–water partition coefficient (Wildman–Crippen LogP) is 2.48. The van der Waals surface area contributed by atoms with E-state index in [1.807, 2.05) is 32.2 Å². The molecule has 0 aromatic heterocycles. The second-order valence-corrected chi connectivity index (χ2v) is 7.57. The van der Waals surface area contributed by atoms with Crippen LogP contribution in [0, 0.1) is 5.92 Å². The van der Waals surface area contributed by atoms with Gasteiger partial charge in [-0.05, 0) is 51.2 Å². The van der Waals surface area contributed by atoms with Gasteiger partial charge in [0.1, 0.15) is 11.5 Å². The summed E-state index contributed by atoms with van der Waals surface area (Å²) in [5.41, 5.74) is 0.981. The topological polar surface area (TPSA) is 54.0 Å². The highest BCUT2D eigenvalue weighted by Crippen LogP contribution is 2.40. The predicted molar refractivity (Wildman–Crippen MR) is 112 cm³/mol. The Labute approximate surface area is 167 Å². The maximum atomic E-state index is 13.1. The lowest BCUT2D eigenvalue weighted by molar-refractivity contribution is -0.133. The lowest BCUT2D eigenvalue weighted by atomic mass is 9.87. The van der Waals surface area contributed by atoms with Crippen LogP contribution in [-0.2, 0) is 4.79 Å². The molecule has 0 bridgehead atoms. The second-order valence-electron chi connectivity index (χ2n) is 7.18. The summed E-state index contributed by atoms with van der Waals surface area (Å²) in [6.45, 7) is 8.02. The molecule has 1 aliphatic rings. The number of carbonyl (C=O) groups is 1. The Morgan fingerprint density at radius 3 is 2.59 bits per heavy atom. The van der Waals surface area contributed by atoms with Crippen molar-refractivity contribution in [3.63, 3.8) is 0 Å². The normalized spacial score (nSPS) is 19.1. The van der Waals surface area contributed by atoms with Crippen molar-refractivity contribution in [3.05, 3.63) is 23.8 Å². The van der Waals surface area contributed by atoms with E-state index in [2.05, 4.69) is 24.1 Å². The van der Waals surface area contributed by atoms with Gasteiger partial charge in [-0.2, -0.15) is 0 Å². The number of rotatable bonds is 6. The molecule has 150 valence electrons. The first-order valence-corrected chi connectivity index (χ1v) is 9.75. The van der Waals surface area contributed by atoms with Gasteiger partial charge in [0.15, 0.2) is 5.11 Å². The largest absolute Gasteiger partial charge is 0.497 e. The SMILES string of the molecule is CCN(C)C(=O)C1CN(C(=S)NC(C)C)CC1c1cc(OC)ccc1OC. The van der Waals surface area contributed by atoms with Crippen LogP contribution in [0.2, 0.25) is 0 Å². The number of carbonyl (C=O) groups excluding carboxylic acids is 1. The van der Waals surface area contributed by atoms with Crippen LogP contribution in [0.3, 0.4) is 0 Å². The van der Waals surface area contributed by atoms with Crippen molar-refractivity contribution >= 4 is 23.2 Å². The fourth-order valence-corrected chi connectivity index (χ4v) is 3.83. The van der Waals surface area contributed by atoms with Crippen molar-refractivity contribution in [2.24, 2.45) is 5.92 Å². The van der Waals surface area contributed by atoms with Gasteiger partial charge >= 0.3 is 0 Å². The van der Waals surface area contributed by atoms with Gasteiger partial charge in [0.05, 0.1) is 20.1 Å². The molecule has 1 N–H and O–H groups in total. The number of methoxy groups -OCH3 is 2. The molecule has 1 amide bonds. The minimum absolute atomic E-state index is 0.0246. The van der Waals surface area contributed by atoms with Crippen molar-refractivity contribution in [2.75, 3.05) is 40.9 Å². The van der Waals surface area contributed by atoms with Crippen LogP contribution in [0.15, 0.2) is 18.2 Å². The molecule has 7 heteroatoms. The fourth-order valence-electron chi connectivity index (χ4n) is 3.44. The quantitative estimate of drug-likeness (QED) is 0.750. The summed E-state index contributed by atoms with van der Waals surface area (Å²) in [7, 11) is 5.13. The summed E-state index contributed by atoms with van der Waals surface area (Å²) in [5, 5.41) is 3.97. The molecule has 1 aromatic rings. The van der Waals surface area contributed by atoms with Crippen LogP contribution in [-0.4, -0.2) is 67.8 Å². The monoisotopic (exact) mass is 393 g/mol. The Bertz CT molecular complexity index is 680. The highest BCUT2D eigenvalue weighted by atomic mass is 32.1. The van der Waals surface area contributed by atoms with Crippen LogP contribution in [0.5, 0.6) is 11.5 Å². The van der Waals surface area contributed by atoms with Crippen molar-refractivity contribution in [1.29, 1.82) is 0 Å². The van der Waals surface area contributed by atoms with Gasteiger partial charge in [-0.3, -0.25) is 4.79 Å². The van der Waals surface area contributed by atoms with Crippen molar-refractivity contribution in [2.45, 2.75) is 32.7 Å². The average Bonchev–Trinajstić information content (AvgIpc) is 3.10. The first-order chi connectivity index (χ1) is 12.8. The first-order valence-electron chi connectivity index (χ1n) is 9.34. The highest BCUT2D eigenvalue weighted by Gasteiger charge is 2.41. The summed E-state index contributed by atoms with van der Waals surface area (Å²) >= 11 is 5.57. The zero-order valence-corrected chi connectivity index (χ0v) is 17.9. The summed E-state index contributed by atoms with van der Waals surface area (Å²) in [4.78, 5) is 16.9. The number of hydrogen-bond acceptors (Lipinski definition) is 4. The highest BCUT2D eigenvalue weighted by molar-refractivity contribution is 7.80. The molecule has 2 unspecified atom stereocenters. The Balaban J connectivity index is 2.40. The molecule has 1 aromatic carbocycles. The third kappa shape index (κ3) is 4.83.